The van der Waals surface area contributed by atoms with E-state index in [9.17, 15) is 5.11 Å². The van der Waals surface area contributed by atoms with Crippen LogP contribution in [0.4, 0.5) is 0 Å². The molecule has 23 heavy (non-hydrogen) atoms. The van der Waals surface area contributed by atoms with Gasteiger partial charge < -0.3 is 15.7 Å². The number of halogens is 2. The van der Waals surface area contributed by atoms with Crippen molar-refractivity contribution in [3.05, 3.63) is 56.2 Å². The van der Waals surface area contributed by atoms with Gasteiger partial charge in [0.15, 0.2) is 5.96 Å². The van der Waals surface area contributed by atoms with Gasteiger partial charge in [-0.2, -0.15) is 0 Å². The molecule has 0 bridgehead atoms. The van der Waals surface area contributed by atoms with Crippen LogP contribution >= 0.6 is 34.5 Å². The van der Waals surface area contributed by atoms with E-state index in [1.54, 1.807) is 6.07 Å². The van der Waals surface area contributed by atoms with Gasteiger partial charge >= 0.3 is 0 Å². The molecule has 0 aliphatic rings. The van der Waals surface area contributed by atoms with Crippen molar-refractivity contribution in [1.29, 1.82) is 0 Å². The Morgan fingerprint density at radius 3 is 2.65 bits per heavy atom. The number of hydrogen-bond acceptors (Lipinski definition) is 3. The number of rotatable bonds is 6. The van der Waals surface area contributed by atoms with E-state index in [0.29, 0.717) is 28.4 Å². The van der Waals surface area contributed by atoms with Crippen molar-refractivity contribution in [2.45, 2.75) is 19.6 Å². The molecule has 1 unspecified atom stereocenters. The van der Waals surface area contributed by atoms with Crippen molar-refractivity contribution >= 4 is 40.5 Å². The van der Waals surface area contributed by atoms with Crippen molar-refractivity contribution < 1.29 is 5.11 Å². The SMILES string of the molecule is CCNC(=NCc1ccccc1Cl)NCC(O)c1ccc(Cl)s1. The fourth-order valence-corrected chi connectivity index (χ4v) is 3.18. The summed E-state index contributed by atoms with van der Waals surface area (Å²) in [6, 6.07) is 11.2. The van der Waals surface area contributed by atoms with E-state index in [2.05, 4.69) is 15.6 Å². The predicted molar refractivity (Wildman–Crippen MR) is 98.6 cm³/mol. The van der Waals surface area contributed by atoms with Gasteiger partial charge in [0.05, 0.1) is 10.9 Å². The number of guanidine groups is 1. The molecule has 1 aromatic carbocycles. The van der Waals surface area contributed by atoms with Crippen molar-refractivity contribution in [2.75, 3.05) is 13.1 Å². The van der Waals surface area contributed by atoms with Crippen LogP contribution in [-0.2, 0) is 6.54 Å². The minimum absolute atomic E-state index is 0.352. The van der Waals surface area contributed by atoms with Crippen molar-refractivity contribution in [1.82, 2.24) is 10.6 Å². The normalized spacial score (nSPS) is 13.0. The molecule has 0 fully saturated rings. The Kier molecular flexibility index (Phi) is 7.17. The van der Waals surface area contributed by atoms with Crippen LogP contribution in [0.2, 0.25) is 9.36 Å². The second-order valence-electron chi connectivity index (χ2n) is 4.83. The maximum absolute atomic E-state index is 10.2. The zero-order valence-corrected chi connectivity index (χ0v) is 15.0. The van der Waals surface area contributed by atoms with Crippen LogP contribution in [0.1, 0.15) is 23.5 Å². The first kappa shape index (κ1) is 18.1. The highest BCUT2D eigenvalue weighted by Crippen LogP contribution is 2.26. The zero-order valence-electron chi connectivity index (χ0n) is 12.7. The Hall–Kier alpha value is -1.27. The van der Waals surface area contributed by atoms with Crippen molar-refractivity contribution in [3.63, 3.8) is 0 Å². The molecule has 1 atom stereocenters. The standard InChI is InChI=1S/C16H19Cl2N3OS/c1-2-19-16(20-9-11-5-3-4-6-12(11)17)21-10-13(22)14-7-8-15(18)23-14/h3-8,13,22H,2,9-10H2,1H3,(H2,19,20,21). The number of aliphatic hydroxyl groups is 1. The molecule has 0 aliphatic heterocycles. The molecule has 0 saturated carbocycles. The topological polar surface area (TPSA) is 56.7 Å². The first-order valence-electron chi connectivity index (χ1n) is 7.29. The molecule has 124 valence electrons. The van der Waals surface area contributed by atoms with Crippen LogP contribution in [0.5, 0.6) is 0 Å². The first-order chi connectivity index (χ1) is 11.1. The quantitative estimate of drug-likeness (QED) is 0.533. The summed E-state index contributed by atoms with van der Waals surface area (Å²) in [5, 5.41) is 17.1. The molecule has 0 spiro atoms. The molecular weight excluding hydrogens is 353 g/mol. The Morgan fingerprint density at radius 2 is 2.00 bits per heavy atom. The largest absolute Gasteiger partial charge is 0.386 e. The average molecular weight is 372 g/mol. The van der Waals surface area contributed by atoms with Gasteiger partial charge in [0.1, 0.15) is 6.10 Å². The first-order valence-corrected chi connectivity index (χ1v) is 8.86. The molecule has 0 saturated heterocycles. The number of aliphatic hydroxyl groups excluding tert-OH is 1. The third kappa shape index (κ3) is 5.70. The van der Waals surface area contributed by atoms with Gasteiger partial charge in [-0.05, 0) is 30.7 Å². The molecule has 1 heterocycles. The summed E-state index contributed by atoms with van der Waals surface area (Å²) >= 11 is 13.4. The van der Waals surface area contributed by atoms with E-state index in [1.165, 1.54) is 11.3 Å². The predicted octanol–water partition coefficient (Wildman–Crippen LogP) is 3.84. The maximum atomic E-state index is 10.2. The molecule has 1 aromatic heterocycles. The Balaban J connectivity index is 1.95. The Morgan fingerprint density at radius 1 is 1.22 bits per heavy atom. The molecule has 0 aliphatic carbocycles. The van der Waals surface area contributed by atoms with Gasteiger partial charge in [-0.1, -0.05) is 41.4 Å². The van der Waals surface area contributed by atoms with Gasteiger partial charge in [0, 0.05) is 23.0 Å². The smallest absolute Gasteiger partial charge is 0.191 e. The van der Waals surface area contributed by atoms with Crippen LogP contribution < -0.4 is 10.6 Å². The van der Waals surface area contributed by atoms with Gasteiger partial charge in [-0.25, -0.2) is 4.99 Å². The summed E-state index contributed by atoms with van der Waals surface area (Å²) < 4.78 is 0.665. The molecule has 2 aromatic rings. The van der Waals surface area contributed by atoms with E-state index in [4.69, 9.17) is 23.2 Å². The number of benzene rings is 1. The van der Waals surface area contributed by atoms with Gasteiger partial charge in [-0.3, -0.25) is 0 Å². The molecule has 4 nitrogen and oxygen atoms in total. The molecule has 3 N–H and O–H groups in total. The molecule has 0 amide bonds. The van der Waals surface area contributed by atoms with Crippen LogP contribution in [0, 0.1) is 0 Å². The number of hydrogen-bond donors (Lipinski definition) is 3. The van der Waals surface area contributed by atoms with E-state index in [1.807, 2.05) is 37.3 Å². The number of aliphatic imine (C=N–C) groups is 1. The molecule has 2 rings (SSSR count). The lowest BCUT2D eigenvalue weighted by molar-refractivity contribution is 0.184. The lowest BCUT2D eigenvalue weighted by atomic mass is 10.2. The second-order valence-corrected chi connectivity index (χ2v) is 6.98. The minimum atomic E-state index is -0.628. The van der Waals surface area contributed by atoms with E-state index < -0.39 is 6.10 Å². The summed E-state index contributed by atoms with van der Waals surface area (Å²) in [6.07, 6.45) is -0.628. The lowest BCUT2D eigenvalue weighted by Gasteiger charge is -2.14. The Labute approximate surface area is 150 Å². The van der Waals surface area contributed by atoms with E-state index in [-0.39, 0.29) is 0 Å². The second kappa shape index (κ2) is 9.13. The maximum Gasteiger partial charge on any atom is 0.191 e. The van der Waals surface area contributed by atoms with Crippen LogP contribution in [-0.4, -0.2) is 24.2 Å². The van der Waals surface area contributed by atoms with Crippen LogP contribution in [0.3, 0.4) is 0 Å². The fraction of sp³-hybridized carbons (Fsp3) is 0.312. The highest BCUT2D eigenvalue weighted by atomic mass is 35.5. The fourth-order valence-electron chi connectivity index (χ4n) is 1.93. The van der Waals surface area contributed by atoms with Gasteiger partial charge in [0.2, 0.25) is 0 Å². The summed E-state index contributed by atoms with van der Waals surface area (Å²) in [5.74, 6) is 0.633. The number of nitrogens with zero attached hydrogens (tertiary/aromatic N) is 1. The summed E-state index contributed by atoms with van der Waals surface area (Å²) in [6.45, 7) is 3.54. The molecular formula is C16H19Cl2N3OS. The van der Waals surface area contributed by atoms with E-state index in [0.717, 1.165) is 17.0 Å². The summed E-state index contributed by atoms with van der Waals surface area (Å²) in [5.41, 5.74) is 0.956. The summed E-state index contributed by atoms with van der Waals surface area (Å²) in [7, 11) is 0. The third-order valence-corrected chi connectivity index (χ3v) is 4.80. The molecule has 7 heteroatoms. The molecule has 0 radical (unpaired) electrons. The van der Waals surface area contributed by atoms with Crippen LogP contribution in [0.15, 0.2) is 41.4 Å². The summed E-state index contributed by atoms with van der Waals surface area (Å²) in [4.78, 5) is 5.32. The monoisotopic (exact) mass is 371 g/mol. The minimum Gasteiger partial charge on any atom is -0.386 e. The zero-order chi connectivity index (χ0) is 16.7. The number of nitrogens with one attached hydrogen (secondary N) is 2. The lowest BCUT2D eigenvalue weighted by Crippen LogP contribution is -2.39. The highest BCUT2D eigenvalue weighted by molar-refractivity contribution is 7.16. The van der Waals surface area contributed by atoms with Crippen molar-refractivity contribution in [2.24, 2.45) is 4.99 Å². The number of thiophene rings is 1. The van der Waals surface area contributed by atoms with E-state index >= 15 is 0 Å². The van der Waals surface area contributed by atoms with Gasteiger partial charge in [-0.15, -0.1) is 11.3 Å². The Bertz CT molecular complexity index is 660. The third-order valence-electron chi connectivity index (χ3n) is 3.09. The van der Waals surface area contributed by atoms with Crippen LogP contribution in [0.25, 0.3) is 0 Å². The highest BCUT2D eigenvalue weighted by Gasteiger charge is 2.11. The average Bonchev–Trinajstić information content (AvgIpc) is 2.98. The van der Waals surface area contributed by atoms with Crippen molar-refractivity contribution in [3.8, 4) is 0 Å². The van der Waals surface area contributed by atoms with Gasteiger partial charge in [0.25, 0.3) is 0 Å².